The van der Waals surface area contributed by atoms with E-state index in [1.165, 1.54) is 0 Å². The second-order valence-corrected chi connectivity index (χ2v) is 5.80. The molecule has 2 heteroatoms. The summed E-state index contributed by atoms with van der Waals surface area (Å²) in [5.74, 6) is 1.68. The van der Waals surface area contributed by atoms with Gasteiger partial charge in [0.15, 0.2) is 0 Å². The van der Waals surface area contributed by atoms with Crippen molar-refractivity contribution < 1.29 is 4.74 Å². The van der Waals surface area contributed by atoms with E-state index in [-0.39, 0.29) is 11.5 Å². The lowest BCUT2D eigenvalue weighted by Crippen LogP contribution is -2.28. The average Bonchev–Trinajstić information content (AvgIpc) is 2.48. The minimum atomic E-state index is 0.0401. The van der Waals surface area contributed by atoms with Gasteiger partial charge in [0, 0.05) is 6.04 Å². The molecule has 2 N–H and O–H groups in total. The van der Waals surface area contributed by atoms with Crippen molar-refractivity contribution in [2.24, 2.45) is 11.1 Å². The van der Waals surface area contributed by atoms with Crippen LogP contribution in [0.1, 0.15) is 38.8 Å². The predicted molar refractivity (Wildman–Crippen MR) is 84.0 cm³/mol. The van der Waals surface area contributed by atoms with Crippen LogP contribution in [0.25, 0.3) is 0 Å². The second kappa shape index (κ2) is 6.10. The van der Waals surface area contributed by atoms with Crippen molar-refractivity contribution in [3.63, 3.8) is 0 Å². The van der Waals surface area contributed by atoms with E-state index in [1.54, 1.807) is 0 Å². The van der Waals surface area contributed by atoms with Gasteiger partial charge in [0.1, 0.15) is 11.5 Å². The van der Waals surface area contributed by atoms with Crippen LogP contribution in [-0.2, 0) is 0 Å². The van der Waals surface area contributed by atoms with E-state index in [9.17, 15) is 0 Å². The molecule has 0 amide bonds. The molecule has 0 aliphatic carbocycles. The Balaban J connectivity index is 2.11. The molecule has 2 aromatic rings. The lowest BCUT2D eigenvalue weighted by Gasteiger charge is -2.30. The Morgan fingerprint density at radius 2 is 1.50 bits per heavy atom. The van der Waals surface area contributed by atoms with Gasteiger partial charge in [-0.2, -0.15) is 0 Å². The molecule has 0 spiro atoms. The zero-order valence-electron chi connectivity index (χ0n) is 12.5. The largest absolute Gasteiger partial charge is 0.457 e. The Labute approximate surface area is 121 Å². The number of hydrogen-bond donors (Lipinski definition) is 1. The Morgan fingerprint density at radius 3 is 2.05 bits per heavy atom. The van der Waals surface area contributed by atoms with Crippen molar-refractivity contribution in [2.75, 3.05) is 0 Å². The van der Waals surface area contributed by atoms with Crippen LogP contribution >= 0.6 is 0 Å². The van der Waals surface area contributed by atoms with E-state index in [4.69, 9.17) is 10.5 Å². The van der Waals surface area contributed by atoms with Crippen LogP contribution < -0.4 is 10.5 Å². The Bertz CT molecular complexity index is 531. The molecule has 0 aliphatic heterocycles. The van der Waals surface area contributed by atoms with E-state index >= 15 is 0 Å². The van der Waals surface area contributed by atoms with Gasteiger partial charge in [-0.15, -0.1) is 0 Å². The third-order valence-corrected chi connectivity index (χ3v) is 3.97. The van der Waals surface area contributed by atoms with Gasteiger partial charge >= 0.3 is 0 Å². The van der Waals surface area contributed by atoms with Gasteiger partial charge in [0.2, 0.25) is 0 Å². The summed E-state index contributed by atoms with van der Waals surface area (Å²) in [5, 5.41) is 0. The fraction of sp³-hybridized carbons (Fsp3) is 0.333. The van der Waals surface area contributed by atoms with E-state index in [2.05, 4.69) is 32.9 Å². The van der Waals surface area contributed by atoms with Crippen molar-refractivity contribution in [1.29, 1.82) is 0 Å². The normalized spacial score (nSPS) is 13.0. The zero-order valence-corrected chi connectivity index (χ0v) is 12.5. The standard InChI is InChI=1S/C18H23NO/c1-4-18(2,3)17(19)14-10-12-16(13-11-14)20-15-8-6-5-7-9-15/h5-13,17H,4,19H2,1-3H3. The molecule has 20 heavy (non-hydrogen) atoms. The quantitative estimate of drug-likeness (QED) is 0.836. The van der Waals surface area contributed by atoms with Crippen LogP contribution in [0.15, 0.2) is 54.6 Å². The van der Waals surface area contributed by atoms with E-state index < -0.39 is 0 Å². The molecule has 0 heterocycles. The third-order valence-electron chi connectivity index (χ3n) is 3.97. The van der Waals surface area contributed by atoms with E-state index in [1.807, 2.05) is 42.5 Å². The van der Waals surface area contributed by atoms with E-state index in [0.29, 0.717) is 0 Å². The molecule has 2 nitrogen and oxygen atoms in total. The Hall–Kier alpha value is -1.80. The molecule has 0 saturated heterocycles. The summed E-state index contributed by atoms with van der Waals surface area (Å²) in [7, 11) is 0. The molecule has 0 aromatic heterocycles. The van der Waals surface area contributed by atoms with Crippen LogP contribution in [0.5, 0.6) is 11.5 Å². The molecule has 2 aromatic carbocycles. The smallest absolute Gasteiger partial charge is 0.127 e. The summed E-state index contributed by atoms with van der Waals surface area (Å²) in [6.07, 6.45) is 1.05. The number of nitrogens with two attached hydrogens (primary N) is 1. The summed E-state index contributed by atoms with van der Waals surface area (Å²) in [6.45, 7) is 6.57. The van der Waals surface area contributed by atoms with Gasteiger partial charge in [0.25, 0.3) is 0 Å². The summed E-state index contributed by atoms with van der Waals surface area (Å²) in [6, 6.07) is 17.9. The van der Waals surface area contributed by atoms with Crippen LogP contribution in [-0.4, -0.2) is 0 Å². The highest BCUT2D eigenvalue weighted by Gasteiger charge is 2.25. The van der Waals surface area contributed by atoms with Crippen molar-refractivity contribution in [3.8, 4) is 11.5 Å². The maximum absolute atomic E-state index is 6.35. The van der Waals surface area contributed by atoms with Gasteiger partial charge < -0.3 is 10.5 Å². The van der Waals surface area contributed by atoms with Crippen LogP contribution in [0, 0.1) is 5.41 Å². The molecular weight excluding hydrogens is 246 g/mol. The van der Waals surface area contributed by atoms with Gasteiger partial charge in [-0.1, -0.05) is 51.1 Å². The molecule has 0 bridgehead atoms. The maximum Gasteiger partial charge on any atom is 0.127 e. The highest BCUT2D eigenvalue weighted by molar-refractivity contribution is 5.34. The number of rotatable bonds is 5. The summed E-state index contributed by atoms with van der Waals surface area (Å²) < 4.78 is 5.78. The Kier molecular flexibility index (Phi) is 4.46. The second-order valence-electron chi connectivity index (χ2n) is 5.80. The summed E-state index contributed by atoms with van der Waals surface area (Å²) in [5.41, 5.74) is 7.59. The van der Waals surface area contributed by atoms with Crippen molar-refractivity contribution in [3.05, 3.63) is 60.2 Å². The zero-order chi connectivity index (χ0) is 14.6. The topological polar surface area (TPSA) is 35.2 Å². The van der Waals surface area contributed by atoms with Crippen LogP contribution in [0.3, 0.4) is 0 Å². The first-order chi connectivity index (χ1) is 9.53. The lowest BCUT2D eigenvalue weighted by atomic mass is 9.79. The lowest BCUT2D eigenvalue weighted by molar-refractivity contribution is 0.278. The first-order valence-corrected chi connectivity index (χ1v) is 7.11. The number of benzene rings is 2. The number of hydrogen-bond acceptors (Lipinski definition) is 2. The minimum Gasteiger partial charge on any atom is -0.457 e. The molecule has 0 radical (unpaired) electrons. The van der Waals surface area contributed by atoms with Crippen LogP contribution in [0.4, 0.5) is 0 Å². The highest BCUT2D eigenvalue weighted by atomic mass is 16.5. The van der Waals surface area contributed by atoms with Crippen molar-refractivity contribution in [1.82, 2.24) is 0 Å². The number of ether oxygens (including phenoxy) is 1. The monoisotopic (exact) mass is 269 g/mol. The molecular formula is C18H23NO. The van der Waals surface area contributed by atoms with Gasteiger partial charge in [-0.05, 0) is 41.7 Å². The summed E-state index contributed by atoms with van der Waals surface area (Å²) >= 11 is 0. The van der Waals surface area contributed by atoms with Gasteiger partial charge in [0.05, 0.1) is 0 Å². The highest BCUT2D eigenvalue weighted by Crippen LogP contribution is 2.35. The van der Waals surface area contributed by atoms with Gasteiger partial charge in [-0.25, -0.2) is 0 Å². The van der Waals surface area contributed by atoms with Crippen molar-refractivity contribution in [2.45, 2.75) is 33.2 Å². The fourth-order valence-electron chi connectivity index (χ4n) is 2.04. The molecule has 0 saturated carbocycles. The average molecular weight is 269 g/mol. The Morgan fingerprint density at radius 1 is 0.950 bits per heavy atom. The molecule has 106 valence electrons. The van der Waals surface area contributed by atoms with E-state index in [0.717, 1.165) is 23.5 Å². The molecule has 0 aliphatic rings. The van der Waals surface area contributed by atoms with Gasteiger partial charge in [-0.3, -0.25) is 0 Å². The molecule has 0 fully saturated rings. The SMILES string of the molecule is CCC(C)(C)C(N)c1ccc(Oc2ccccc2)cc1. The molecule has 1 unspecified atom stereocenters. The first kappa shape index (κ1) is 14.6. The maximum atomic E-state index is 6.35. The molecule has 1 atom stereocenters. The van der Waals surface area contributed by atoms with Crippen LogP contribution in [0.2, 0.25) is 0 Å². The predicted octanol–water partition coefficient (Wildman–Crippen LogP) is 4.91. The molecule has 2 rings (SSSR count). The first-order valence-electron chi connectivity index (χ1n) is 7.11. The third kappa shape index (κ3) is 3.40. The fourth-order valence-corrected chi connectivity index (χ4v) is 2.04. The minimum absolute atomic E-state index is 0.0401. The number of para-hydroxylation sites is 1. The van der Waals surface area contributed by atoms with Crippen molar-refractivity contribution >= 4 is 0 Å². The summed E-state index contributed by atoms with van der Waals surface area (Å²) in [4.78, 5) is 0.